The Balaban J connectivity index is 3.98. The monoisotopic (exact) mass is 699 g/mol. The van der Waals surface area contributed by atoms with Crippen molar-refractivity contribution in [2.75, 3.05) is 19.8 Å². The van der Waals surface area contributed by atoms with Crippen molar-refractivity contribution in [2.45, 2.75) is 142 Å². The number of unbranched alkanes of at least 4 members (excludes halogenated alkanes) is 10. The van der Waals surface area contributed by atoms with Gasteiger partial charge >= 0.3 is 19.8 Å². The van der Waals surface area contributed by atoms with Crippen LogP contribution in [0.5, 0.6) is 0 Å². The van der Waals surface area contributed by atoms with E-state index in [1.54, 1.807) is 0 Å². The van der Waals surface area contributed by atoms with Crippen molar-refractivity contribution in [1.29, 1.82) is 0 Å². The lowest BCUT2D eigenvalue weighted by Gasteiger charge is -2.18. The smallest absolute Gasteiger partial charge is 0.472 e. The average Bonchev–Trinajstić information content (AvgIpc) is 3.05. The number of rotatable bonds is 32. The van der Waals surface area contributed by atoms with Crippen molar-refractivity contribution in [1.82, 2.24) is 5.32 Å². The Morgan fingerprint density at radius 3 is 1.73 bits per heavy atom. The van der Waals surface area contributed by atoms with Crippen LogP contribution < -0.4 is 5.32 Å². The van der Waals surface area contributed by atoms with E-state index < -0.39 is 57.6 Å². The predicted molar refractivity (Wildman–Crippen MR) is 189 cm³/mol. The summed E-state index contributed by atoms with van der Waals surface area (Å²) in [7, 11) is -4.74. The molecule has 0 aliphatic rings. The summed E-state index contributed by atoms with van der Waals surface area (Å²) in [5, 5.41) is 21.5. The van der Waals surface area contributed by atoms with Gasteiger partial charge in [-0.05, 0) is 57.8 Å². The number of aliphatic hydroxyl groups excluding tert-OH is 1. The van der Waals surface area contributed by atoms with Crippen LogP contribution >= 0.6 is 7.82 Å². The molecular weight excluding hydrogens is 637 g/mol. The molecule has 0 aromatic rings. The van der Waals surface area contributed by atoms with E-state index in [1.165, 1.54) is 25.7 Å². The van der Waals surface area contributed by atoms with Crippen LogP contribution in [0.25, 0.3) is 0 Å². The normalized spacial score (nSPS) is 14.6. The summed E-state index contributed by atoms with van der Waals surface area (Å²) in [6.07, 6.45) is 32.4. The fraction of sp³-hybridized carbons (Fsp3) is 0.694. The number of carboxylic acid groups (broad SMARTS) is 1. The van der Waals surface area contributed by atoms with Crippen LogP contribution in [-0.2, 0) is 32.7 Å². The van der Waals surface area contributed by atoms with Crippen LogP contribution in [0, 0.1) is 0 Å². The first-order valence-electron chi connectivity index (χ1n) is 17.7. The van der Waals surface area contributed by atoms with Crippen molar-refractivity contribution < 1.29 is 47.8 Å². The quantitative estimate of drug-likeness (QED) is 0.0235. The Kier molecular flexibility index (Phi) is 30.0. The second-order valence-electron chi connectivity index (χ2n) is 11.7. The molecule has 0 aliphatic heterocycles. The predicted octanol–water partition coefficient (Wildman–Crippen LogP) is 7.88. The third-order valence-corrected chi connectivity index (χ3v) is 8.07. The number of amides is 1. The molecule has 0 saturated heterocycles. The number of carbonyl (C=O) groups excluding carboxylic acids is 2. The number of phosphoric acid groups is 1. The number of nitrogens with one attached hydrogen (secondary N) is 1. The Hall–Kier alpha value is -2.56. The minimum absolute atomic E-state index is 0.123. The van der Waals surface area contributed by atoms with E-state index >= 15 is 0 Å². The maximum atomic E-state index is 12.2. The number of phosphoric ester groups is 1. The second-order valence-corrected chi connectivity index (χ2v) is 13.2. The molecule has 0 spiro atoms. The fourth-order valence-electron chi connectivity index (χ4n) is 4.30. The molecule has 0 aromatic heterocycles. The third kappa shape index (κ3) is 30.8. The molecule has 1 amide bonds. The molecule has 0 fully saturated rings. The Bertz CT molecular complexity index is 1010. The van der Waals surface area contributed by atoms with E-state index in [0.717, 1.165) is 64.2 Å². The Labute approximate surface area is 288 Å². The van der Waals surface area contributed by atoms with E-state index in [2.05, 4.69) is 65.4 Å². The molecule has 4 N–H and O–H groups in total. The first-order chi connectivity index (χ1) is 23.1. The number of aliphatic carboxylic acids is 1. The summed E-state index contributed by atoms with van der Waals surface area (Å²) in [6, 6.07) is -1.55. The molecule has 3 unspecified atom stereocenters. The standard InChI is InChI=1S/C36H62NO10P/c1-3-5-7-8-9-10-11-12-13-14-15-16-17-18-19-20-21-22-23-24-26-27-34(39)37-33(36(41)42)31-47-48(43,44)46-30-32(38)29-45-35(40)28-25-6-4-2/h9-10,12-13,15-16,18-19,32-33,38H,3-8,11,14,17,20-31H2,1-2H3,(H,37,39)(H,41,42)(H,43,44)/b10-9-,13-12-,16-15-,19-18-. The Morgan fingerprint density at radius 2 is 1.15 bits per heavy atom. The zero-order chi connectivity index (χ0) is 35.7. The SMILES string of the molecule is CCCCC/C=C\C/C=C\C/C=C\C/C=C\CCCCCCCC(=O)NC(COP(=O)(O)OCC(O)COC(=O)CCCCC)C(=O)O. The number of carboxylic acids is 1. The van der Waals surface area contributed by atoms with E-state index in [-0.39, 0.29) is 12.8 Å². The van der Waals surface area contributed by atoms with E-state index in [1.807, 2.05) is 6.92 Å². The molecule has 0 rings (SSSR count). The highest BCUT2D eigenvalue weighted by atomic mass is 31.2. The highest BCUT2D eigenvalue weighted by molar-refractivity contribution is 7.47. The number of hydrogen-bond acceptors (Lipinski definition) is 8. The maximum absolute atomic E-state index is 12.2. The molecule has 3 atom stereocenters. The van der Waals surface area contributed by atoms with Crippen molar-refractivity contribution in [3.8, 4) is 0 Å². The first-order valence-corrected chi connectivity index (χ1v) is 19.2. The minimum atomic E-state index is -4.74. The van der Waals surface area contributed by atoms with Crippen LogP contribution in [0.2, 0.25) is 0 Å². The molecule has 0 aromatic carbocycles. The lowest BCUT2D eigenvalue weighted by atomic mass is 10.1. The van der Waals surface area contributed by atoms with Crippen molar-refractivity contribution >= 4 is 25.7 Å². The van der Waals surface area contributed by atoms with Gasteiger partial charge in [0.25, 0.3) is 0 Å². The number of allylic oxidation sites excluding steroid dienone is 8. The molecule has 0 bridgehead atoms. The number of carbonyl (C=O) groups is 3. The fourth-order valence-corrected chi connectivity index (χ4v) is 5.07. The second kappa shape index (κ2) is 31.7. The highest BCUT2D eigenvalue weighted by Gasteiger charge is 2.28. The molecular formula is C36H62NO10P. The van der Waals surface area contributed by atoms with Crippen molar-refractivity contribution in [3.63, 3.8) is 0 Å². The van der Waals surface area contributed by atoms with E-state index in [9.17, 15) is 34.1 Å². The zero-order valence-electron chi connectivity index (χ0n) is 29.3. The third-order valence-electron chi connectivity index (χ3n) is 7.12. The van der Waals surface area contributed by atoms with Crippen LogP contribution in [0.1, 0.15) is 129 Å². The van der Waals surface area contributed by atoms with Gasteiger partial charge in [-0.2, -0.15) is 0 Å². The van der Waals surface area contributed by atoms with Gasteiger partial charge in [0.1, 0.15) is 12.7 Å². The number of aliphatic hydroxyl groups is 1. The summed E-state index contributed by atoms with van der Waals surface area (Å²) >= 11 is 0. The van der Waals surface area contributed by atoms with Crippen molar-refractivity contribution in [3.05, 3.63) is 48.6 Å². The molecule has 276 valence electrons. The molecule has 0 saturated carbocycles. The summed E-state index contributed by atoms with van der Waals surface area (Å²) in [5.74, 6) is -2.43. The van der Waals surface area contributed by atoms with Crippen LogP contribution in [0.4, 0.5) is 0 Å². The molecule has 12 heteroatoms. The molecule has 0 aliphatic carbocycles. The largest absolute Gasteiger partial charge is 0.480 e. The first kappa shape index (κ1) is 45.4. The van der Waals surface area contributed by atoms with Gasteiger partial charge in [0.05, 0.1) is 13.2 Å². The summed E-state index contributed by atoms with van der Waals surface area (Å²) in [6.45, 7) is 2.30. The zero-order valence-corrected chi connectivity index (χ0v) is 30.2. The molecule has 0 heterocycles. The van der Waals surface area contributed by atoms with Gasteiger partial charge in [-0.25, -0.2) is 9.36 Å². The lowest BCUT2D eigenvalue weighted by molar-refractivity contribution is -0.147. The number of hydrogen-bond donors (Lipinski definition) is 4. The lowest BCUT2D eigenvalue weighted by Crippen LogP contribution is -2.43. The maximum Gasteiger partial charge on any atom is 0.472 e. The summed E-state index contributed by atoms with van der Waals surface area (Å²) in [4.78, 5) is 45.1. The summed E-state index contributed by atoms with van der Waals surface area (Å²) < 4.78 is 26.3. The minimum Gasteiger partial charge on any atom is -0.480 e. The van der Waals surface area contributed by atoms with Gasteiger partial charge in [-0.1, -0.05) is 107 Å². The topological polar surface area (TPSA) is 169 Å². The highest BCUT2D eigenvalue weighted by Crippen LogP contribution is 2.43. The van der Waals surface area contributed by atoms with E-state index in [0.29, 0.717) is 12.8 Å². The molecule has 0 radical (unpaired) electrons. The average molecular weight is 700 g/mol. The molecule has 48 heavy (non-hydrogen) atoms. The van der Waals surface area contributed by atoms with Gasteiger partial charge < -0.3 is 25.2 Å². The van der Waals surface area contributed by atoms with Gasteiger partial charge in [0.15, 0.2) is 6.04 Å². The van der Waals surface area contributed by atoms with E-state index in [4.69, 9.17) is 9.26 Å². The Morgan fingerprint density at radius 1 is 0.667 bits per heavy atom. The number of esters is 1. The van der Waals surface area contributed by atoms with Gasteiger partial charge in [-0.3, -0.25) is 18.6 Å². The van der Waals surface area contributed by atoms with Gasteiger partial charge in [0.2, 0.25) is 5.91 Å². The van der Waals surface area contributed by atoms with Gasteiger partial charge in [-0.15, -0.1) is 0 Å². The summed E-state index contributed by atoms with van der Waals surface area (Å²) in [5.41, 5.74) is 0. The van der Waals surface area contributed by atoms with Crippen molar-refractivity contribution in [2.24, 2.45) is 0 Å². The molecule has 11 nitrogen and oxygen atoms in total. The van der Waals surface area contributed by atoms with Crippen LogP contribution in [0.3, 0.4) is 0 Å². The van der Waals surface area contributed by atoms with Gasteiger partial charge in [0, 0.05) is 12.8 Å². The van der Waals surface area contributed by atoms with Crippen LogP contribution in [0.15, 0.2) is 48.6 Å². The number of ether oxygens (including phenoxy) is 1. The van der Waals surface area contributed by atoms with Crippen LogP contribution in [-0.4, -0.2) is 64.9 Å².